The van der Waals surface area contributed by atoms with E-state index in [0.29, 0.717) is 19.4 Å². The molecule has 2 N–H and O–H groups in total. The van der Waals surface area contributed by atoms with Crippen LogP contribution in [0.1, 0.15) is 72.1 Å². The highest BCUT2D eigenvalue weighted by Crippen LogP contribution is 2.39. The number of nitrogens with zero attached hydrogens (tertiary/aromatic N) is 1. The van der Waals surface area contributed by atoms with Gasteiger partial charge in [0.05, 0.1) is 12.1 Å². The molecule has 0 bridgehead atoms. The van der Waals surface area contributed by atoms with E-state index >= 15 is 0 Å². The number of ether oxygens (including phenoxy) is 2. The Morgan fingerprint density at radius 3 is 2.24 bits per heavy atom. The lowest BCUT2D eigenvalue weighted by Gasteiger charge is -2.39. The van der Waals surface area contributed by atoms with E-state index in [1.54, 1.807) is 11.8 Å². The van der Waals surface area contributed by atoms with Crippen LogP contribution in [0.2, 0.25) is 0 Å². The van der Waals surface area contributed by atoms with Crippen LogP contribution in [0.3, 0.4) is 0 Å². The number of hydrogen-bond donors (Lipinski definition) is 2. The Morgan fingerprint density at radius 2 is 1.66 bits per heavy atom. The third-order valence-electron chi connectivity index (χ3n) is 6.02. The molecule has 2 aromatic carbocycles. The fraction of sp³-hybridized carbons (Fsp3) is 0.483. The van der Waals surface area contributed by atoms with Gasteiger partial charge in [-0.2, -0.15) is 0 Å². The summed E-state index contributed by atoms with van der Waals surface area (Å²) in [5.74, 6) is -0.0333. The van der Waals surface area contributed by atoms with Gasteiger partial charge in [-0.15, -0.1) is 12.4 Å². The molecule has 2 atom stereocenters. The molecule has 8 nitrogen and oxygen atoms in total. The molecule has 1 aliphatic rings. The van der Waals surface area contributed by atoms with Crippen LogP contribution in [0.25, 0.3) is 11.1 Å². The van der Waals surface area contributed by atoms with Gasteiger partial charge in [0, 0.05) is 25.2 Å². The Balaban J connectivity index is 0.00000507. The average molecular weight is 546 g/mol. The number of hydrogen-bond acceptors (Lipinski definition) is 5. The summed E-state index contributed by atoms with van der Waals surface area (Å²) in [5, 5.41) is 5.77. The first-order valence-electron chi connectivity index (χ1n) is 12.8. The van der Waals surface area contributed by atoms with Gasteiger partial charge in [-0.1, -0.05) is 30.3 Å². The predicted octanol–water partition coefficient (Wildman–Crippen LogP) is 6.16. The van der Waals surface area contributed by atoms with Crippen LogP contribution in [-0.4, -0.2) is 42.4 Å². The van der Waals surface area contributed by atoms with Crippen molar-refractivity contribution in [1.82, 2.24) is 10.6 Å². The number of fused-ring (bicyclic) bond motifs is 1. The normalized spacial score (nSPS) is 16.7. The van der Waals surface area contributed by atoms with E-state index in [1.807, 2.05) is 84.0 Å². The minimum Gasteiger partial charge on any atom is -0.447 e. The molecular formula is C29H40ClN3O5. The van der Waals surface area contributed by atoms with Crippen molar-refractivity contribution < 1.29 is 23.9 Å². The maximum atomic E-state index is 12.4. The minimum atomic E-state index is -0.524. The zero-order valence-corrected chi connectivity index (χ0v) is 24.1. The highest BCUT2D eigenvalue weighted by molar-refractivity contribution is 5.94. The Bertz CT molecular complexity index is 1130. The lowest BCUT2D eigenvalue weighted by atomic mass is 9.89. The summed E-state index contributed by atoms with van der Waals surface area (Å²) in [6.07, 6.45) is 0.154. The van der Waals surface area contributed by atoms with Gasteiger partial charge in [0.15, 0.2) is 0 Å². The number of anilines is 1. The van der Waals surface area contributed by atoms with Gasteiger partial charge < -0.3 is 25.0 Å². The summed E-state index contributed by atoms with van der Waals surface area (Å²) in [6.45, 7) is 13.1. The van der Waals surface area contributed by atoms with Crippen molar-refractivity contribution in [3.05, 3.63) is 53.6 Å². The van der Waals surface area contributed by atoms with Crippen LogP contribution in [-0.2, 0) is 20.7 Å². The standard InChI is InChI=1S/C29H39N3O5.ClH/c1-18(2)36-28(35)31-25-16-19(3)32(20(4)33)26-13-12-23(17-24(25)26)22-10-8-21(9-11-22)14-15-30-27(34)37-29(5,6)7;/h8-13,17-19,25H,14-16H2,1-7H3,(H,30,34)(H,31,35);1H/t19-,25+;/m0./s1. The number of carbonyl (C=O) groups excluding carboxylic acids is 3. The third kappa shape index (κ3) is 8.38. The Labute approximate surface area is 231 Å². The largest absolute Gasteiger partial charge is 0.447 e. The molecule has 0 aliphatic carbocycles. The number of carbonyl (C=O) groups is 3. The van der Waals surface area contributed by atoms with Gasteiger partial charge in [-0.3, -0.25) is 4.79 Å². The first kappa shape index (κ1) is 31.0. The fourth-order valence-corrected chi connectivity index (χ4v) is 4.54. The molecule has 3 amide bonds. The van der Waals surface area contributed by atoms with Crippen LogP contribution in [0.4, 0.5) is 15.3 Å². The first-order valence-corrected chi connectivity index (χ1v) is 12.8. The molecule has 0 radical (unpaired) electrons. The molecule has 0 saturated carbocycles. The maximum absolute atomic E-state index is 12.4. The second-order valence-corrected chi connectivity index (χ2v) is 10.8. The van der Waals surface area contributed by atoms with Crippen molar-refractivity contribution in [1.29, 1.82) is 0 Å². The molecule has 0 fully saturated rings. The van der Waals surface area contributed by atoms with Gasteiger partial charge in [0.25, 0.3) is 0 Å². The summed E-state index contributed by atoms with van der Waals surface area (Å²) in [5.41, 5.74) is 4.25. The predicted molar refractivity (Wildman–Crippen MR) is 152 cm³/mol. The number of amides is 3. The molecule has 2 aromatic rings. The zero-order valence-electron chi connectivity index (χ0n) is 23.3. The van der Waals surface area contributed by atoms with E-state index in [9.17, 15) is 14.4 Å². The Hall–Kier alpha value is -3.26. The third-order valence-corrected chi connectivity index (χ3v) is 6.02. The lowest BCUT2D eigenvalue weighted by Crippen LogP contribution is -2.45. The van der Waals surface area contributed by atoms with Crippen molar-refractivity contribution in [2.75, 3.05) is 11.4 Å². The van der Waals surface area contributed by atoms with Crippen LogP contribution >= 0.6 is 12.4 Å². The number of halogens is 1. The number of nitrogens with one attached hydrogen (secondary N) is 2. The van der Waals surface area contributed by atoms with Gasteiger partial charge in [-0.25, -0.2) is 9.59 Å². The molecule has 1 heterocycles. The van der Waals surface area contributed by atoms with Crippen molar-refractivity contribution in [3.8, 4) is 11.1 Å². The Kier molecular flexibility index (Phi) is 10.6. The summed E-state index contributed by atoms with van der Waals surface area (Å²) in [7, 11) is 0. The summed E-state index contributed by atoms with van der Waals surface area (Å²) < 4.78 is 10.6. The highest BCUT2D eigenvalue weighted by atomic mass is 35.5. The van der Waals surface area contributed by atoms with E-state index in [0.717, 1.165) is 27.9 Å². The van der Waals surface area contributed by atoms with Crippen molar-refractivity contribution >= 4 is 36.2 Å². The van der Waals surface area contributed by atoms with Crippen LogP contribution in [0, 0.1) is 0 Å². The van der Waals surface area contributed by atoms with Gasteiger partial charge >= 0.3 is 12.2 Å². The van der Waals surface area contributed by atoms with Crippen molar-refractivity contribution in [2.45, 2.75) is 85.1 Å². The van der Waals surface area contributed by atoms with E-state index in [4.69, 9.17) is 9.47 Å². The summed E-state index contributed by atoms with van der Waals surface area (Å²) >= 11 is 0. The van der Waals surface area contributed by atoms with Crippen molar-refractivity contribution in [3.63, 3.8) is 0 Å². The number of benzene rings is 2. The monoisotopic (exact) mass is 545 g/mol. The molecule has 0 spiro atoms. The second kappa shape index (κ2) is 13.0. The molecule has 38 heavy (non-hydrogen) atoms. The molecular weight excluding hydrogens is 506 g/mol. The van der Waals surface area contributed by atoms with Crippen molar-refractivity contribution in [2.24, 2.45) is 0 Å². The van der Waals surface area contributed by atoms with Gasteiger partial charge in [-0.05, 0) is 88.8 Å². The van der Waals surface area contributed by atoms with E-state index < -0.39 is 17.8 Å². The van der Waals surface area contributed by atoms with Crippen LogP contribution in [0.5, 0.6) is 0 Å². The second-order valence-electron chi connectivity index (χ2n) is 10.8. The lowest BCUT2D eigenvalue weighted by molar-refractivity contribution is -0.117. The molecule has 3 rings (SSSR count). The average Bonchev–Trinajstić information content (AvgIpc) is 2.77. The zero-order chi connectivity index (χ0) is 27.3. The highest BCUT2D eigenvalue weighted by Gasteiger charge is 2.33. The SMILES string of the molecule is CC(=O)N1c2ccc(-c3ccc(CCNC(=O)OC(C)(C)C)cc3)cc2[C@H](NC(=O)OC(C)C)C[C@@H]1C.Cl. The molecule has 0 aromatic heterocycles. The van der Waals surface area contributed by atoms with Crippen LogP contribution < -0.4 is 15.5 Å². The quantitative estimate of drug-likeness (QED) is 0.453. The molecule has 9 heteroatoms. The number of alkyl carbamates (subject to hydrolysis) is 2. The molecule has 208 valence electrons. The molecule has 1 aliphatic heterocycles. The molecule has 0 saturated heterocycles. The topological polar surface area (TPSA) is 97.0 Å². The molecule has 0 unspecified atom stereocenters. The van der Waals surface area contributed by atoms with E-state index in [-0.39, 0.29) is 36.5 Å². The smallest absolute Gasteiger partial charge is 0.407 e. The fourth-order valence-electron chi connectivity index (χ4n) is 4.54. The summed E-state index contributed by atoms with van der Waals surface area (Å²) in [6, 6.07) is 13.8. The van der Waals surface area contributed by atoms with E-state index in [1.165, 1.54) is 0 Å². The van der Waals surface area contributed by atoms with Gasteiger partial charge in [0.2, 0.25) is 5.91 Å². The first-order chi connectivity index (χ1) is 17.3. The minimum absolute atomic E-state index is 0. The van der Waals surface area contributed by atoms with E-state index in [2.05, 4.69) is 10.6 Å². The number of rotatable bonds is 6. The van der Waals surface area contributed by atoms with Gasteiger partial charge in [0.1, 0.15) is 5.60 Å². The maximum Gasteiger partial charge on any atom is 0.407 e. The summed E-state index contributed by atoms with van der Waals surface area (Å²) in [4.78, 5) is 38.4. The van der Waals surface area contributed by atoms with Crippen LogP contribution in [0.15, 0.2) is 42.5 Å². The Morgan fingerprint density at radius 1 is 1.03 bits per heavy atom.